The summed E-state index contributed by atoms with van der Waals surface area (Å²) in [6, 6.07) is 0.772. The Morgan fingerprint density at radius 2 is 1.86 bits per heavy atom. The molecule has 0 unspecified atom stereocenters. The van der Waals surface area contributed by atoms with Gasteiger partial charge in [0.05, 0.1) is 18.3 Å². The van der Waals surface area contributed by atoms with Crippen LogP contribution in [0.3, 0.4) is 0 Å². The molecule has 4 rings (SSSR count). The number of aliphatic hydroxyl groups is 1. The van der Waals surface area contributed by atoms with Crippen molar-refractivity contribution in [3.05, 3.63) is 6.20 Å². The molecule has 0 aliphatic heterocycles. The maximum absolute atomic E-state index is 9.59. The van der Waals surface area contributed by atoms with Crippen molar-refractivity contribution in [1.29, 1.82) is 0 Å². The first kappa shape index (κ1) is 13.9. The van der Waals surface area contributed by atoms with E-state index in [2.05, 4.69) is 25.6 Å². The second kappa shape index (κ2) is 5.79. The van der Waals surface area contributed by atoms with Gasteiger partial charge in [0.2, 0.25) is 5.95 Å². The van der Waals surface area contributed by atoms with Crippen molar-refractivity contribution < 1.29 is 5.11 Å². The Kier molecular flexibility index (Phi) is 3.65. The number of aromatic nitrogens is 5. The maximum atomic E-state index is 9.59. The third-order valence-electron chi connectivity index (χ3n) is 4.92. The van der Waals surface area contributed by atoms with Crippen molar-refractivity contribution in [2.75, 3.05) is 5.32 Å². The molecule has 2 fully saturated rings. The molecule has 0 radical (unpaired) electrons. The predicted molar refractivity (Wildman–Crippen MR) is 82.5 cm³/mol. The van der Waals surface area contributed by atoms with Crippen molar-refractivity contribution in [2.45, 2.75) is 69.6 Å². The molecule has 2 aliphatic rings. The van der Waals surface area contributed by atoms with Gasteiger partial charge in [0.1, 0.15) is 0 Å². The van der Waals surface area contributed by atoms with E-state index in [0.717, 1.165) is 49.7 Å². The van der Waals surface area contributed by atoms with Gasteiger partial charge in [-0.3, -0.25) is 0 Å². The highest BCUT2D eigenvalue weighted by atomic mass is 16.3. The molecular formula is C15H22N6O. The molecule has 2 aromatic heterocycles. The molecule has 7 heteroatoms. The van der Waals surface area contributed by atoms with E-state index in [-0.39, 0.29) is 6.10 Å². The minimum atomic E-state index is -0.144. The molecular weight excluding hydrogens is 280 g/mol. The largest absolute Gasteiger partial charge is 0.393 e. The van der Waals surface area contributed by atoms with Crippen LogP contribution in [0.25, 0.3) is 11.2 Å². The quantitative estimate of drug-likeness (QED) is 0.902. The molecule has 2 aromatic rings. The summed E-state index contributed by atoms with van der Waals surface area (Å²) < 4.78 is 1.97. The summed E-state index contributed by atoms with van der Waals surface area (Å²) in [5.41, 5.74) is 1.59. The van der Waals surface area contributed by atoms with E-state index in [0.29, 0.717) is 18.0 Å². The Morgan fingerprint density at radius 3 is 2.64 bits per heavy atom. The van der Waals surface area contributed by atoms with Gasteiger partial charge < -0.3 is 10.4 Å². The van der Waals surface area contributed by atoms with Crippen LogP contribution < -0.4 is 5.32 Å². The fourth-order valence-electron chi connectivity index (χ4n) is 3.61. The van der Waals surface area contributed by atoms with Crippen LogP contribution in [0.5, 0.6) is 0 Å². The van der Waals surface area contributed by atoms with Crippen LogP contribution in [-0.4, -0.2) is 42.2 Å². The summed E-state index contributed by atoms with van der Waals surface area (Å²) in [4.78, 5) is 9.01. The van der Waals surface area contributed by atoms with Crippen LogP contribution in [0.1, 0.15) is 57.4 Å². The third-order valence-corrected chi connectivity index (χ3v) is 4.92. The van der Waals surface area contributed by atoms with Crippen molar-refractivity contribution >= 4 is 17.1 Å². The number of anilines is 1. The molecule has 0 saturated heterocycles. The summed E-state index contributed by atoms with van der Waals surface area (Å²) in [5, 5.41) is 21.5. The molecule has 2 N–H and O–H groups in total. The van der Waals surface area contributed by atoms with E-state index in [1.807, 2.05) is 4.68 Å². The van der Waals surface area contributed by atoms with Gasteiger partial charge in [-0.15, -0.1) is 5.10 Å². The lowest BCUT2D eigenvalue weighted by Gasteiger charge is -2.26. The normalized spacial score (nSPS) is 26.6. The molecule has 0 spiro atoms. The summed E-state index contributed by atoms with van der Waals surface area (Å²) >= 11 is 0. The minimum absolute atomic E-state index is 0.144. The summed E-state index contributed by atoms with van der Waals surface area (Å²) in [6.07, 6.45) is 10.1. The van der Waals surface area contributed by atoms with E-state index in [1.54, 1.807) is 6.20 Å². The zero-order chi connectivity index (χ0) is 14.9. The molecule has 118 valence electrons. The average Bonchev–Trinajstić information content (AvgIpc) is 3.18. The third kappa shape index (κ3) is 2.65. The van der Waals surface area contributed by atoms with Gasteiger partial charge in [-0.25, -0.2) is 9.67 Å². The van der Waals surface area contributed by atoms with Crippen LogP contribution in [0, 0.1) is 0 Å². The highest BCUT2D eigenvalue weighted by molar-refractivity contribution is 5.69. The fourth-order valence-corrected chi connectivity index (χ4v) is 3.61. The van der Waals surface area contributed by atoms with Crippen molar-refractivity contribution in [3.8, 4) is 0 Å². The Balaban J connectivity index is 1.55. The van der Waals surface area contributed by atoms with Crippen LogP contribution in [0.2, 0.25) is 0 Å². The zero-order valence-corrected chi connectivity index (χ0v) is 12.6. The number of nitrogens with one attached hydrogen (secondary N) is 1. The van der Waals surface area contributed by atoms with Crippen LogP contribution in [-0.2, 0) is 0 Å². The van der Waals surface area contributed by atoms with Gasteiger partial charge in [-0.1, -0.05) is 18.1 Å². The van der Waals surface area contributed by atoms with Gasteiger partial charge in [0.15, 0.2) is 11.2 Å². The van der Waals surface area contributed by atoms with Crippen LogP contribution in [0.15, 0.2) is 6.20 Å². The first-order valence-corrected chi connectivity index (χ1v) is 8.32. The Hall–Kier alpha value is -1.76. The molecule has 22 heavy (non-hydrogen) atoms. The highest BCUT2D eigenvalue weighted by Gasteiger charge is 2.23. The summed E-state index contributed by atoms with van der Waals surface area (Å²) in [6.45, 7) is 0. The first-order valence-electron chi connectivity index (χ1n) is 8.32. The lowest BCUT2D eigenvalue weighted by Crippen LogP contribution is -2.29. The molecule has 2 heterocycles. The molecule has 0 bridgehead atoms. The second-order valence-corrected chi connectivity index (χ2v) is 6.52. The molecule has 2 aliphatic carbocycles. The molecule has 2 saturated carbocycles. The first-order chi connectivity index (χ1) is 10.8. The molecule has 0 atom stereocenters. The molecule has 0 aromatic carbocycles. The SMILES string of the molecule is OC1CCC(Nc2ncc3nnn(C4CCCC4)c3n2)CC1. The van der Waals surface area contributed by atoms with Crippen molar-refractivity contribution in [2.24, 2.45) is 0 Å². The van der Waals surface area contributed by atoms with Crippen LogP contribution in [0.4, 0.5) is 5.95 Å². The Labute approximate surface area is 129 Å². The van der Waals surface area contributed by atoms with E-state index in [1.165, 1.54) is 12.8 Å². The Morgan fingerprint density at radius 1 is 1.09 bits per heavy atom. The lowest BCUT2D eigenvalue weighted by atomic mass is 9.93. The van der Waals surface area contributed by atoms with Gasteiger partial charge in [-0.2, -0.15) is 4.98 Å². The minimum Gasteiger partial charge on any atom is -0.393 e. The monoisotopic (exact) mass is 302 g/mol. The van der Waals surface area contributed by atoms with Crippen LogP contribution >= 0.6 is 0 Å². The van der Waals surface area contributed by atoms with Gasteiger partial charge in [0, 0.05) is 6.04 Å². The number of aliphatic hydroxyl groups excluding tert-OH is 1. The number of nitrogens with zero attached hydrogens (tertiary/aromatic N) is 5. The number of fused-ring (bicyclic) bond motifs is 1. The fraction of sp³-hybridized carbons (Fsp3) is 0.733. The lowest BCUT2D eigenvalue weighted by molar-refractivity contribution is 0.126. The number of hydrogen-bond donors (Lipinski definition) is 2. The van der Waals surface area contributed by atoms with Gasteiger partial charge in [-0.05, 0) is 38.5 Å². The van der Waals surface area contributed by atoms with Gasteiger partial charge >= 0.3 is 0 Å². The number of rotatable bonds is 3. The summed E-state index contributed by atoms with van der Waals surface area (Å²) in [7, 11) is 0. The molecule has 0 amide bonds. The van der Waals surface area contributed by atoms with Gasteiger partial charge in [0.25, 0.3) is 0 Å². The second-order valence-electron chi connectivity index (χ2n) is 6.52. The predicted octanol–water partition coefficient (Wildman–Crippen LogP) is 2.05. The zero-order valence-electron chi connectivity index (χ0n) is 12.6. The standard InChI is InChI=1S/C15H22N6O/c22-12-7-5-10(6-8-12)17-15-16-9-13-14(18-15)21(20-19-13)11-3-1-2-4-11/h9-12,22H,1-8H2,(H,16,17,18). The topological polar surface area (TPSA) is 88.8 Å². The Bertz CT molecular complexity index is 643. The molecule has 7 nitrogen and oxygen atoms in total. The smallest absolute Gasteiger partial charge is 0.225 e. The van der Waals surface area contributed by atoms with E-state index in [9.17, 15) is 5.11 Å². The van der Waals surface area contributed by atoms with E-state index >= 15 is 0 Å². The van der Waals surface area contributed by atoms with Crippen molar-refractivity contribution in [1.82, 2.24) is 25.0 Å². The average molecular weight is 302 g/mol. The highest BCUT2D eigenvalue weighted by Crippen LogP contribution is 2.30. The van der Waals surface area contributed by atoms with E-state index < -0.39 is 0 Å². The van der Waals surface area contributed by atoms with Crippen molar-refractivity contribution in [3.63, 3.8) is 0 Å². The van der Waals surface area contributed by atoms with E-state index in [4.69, 9.17) is 0 Å². The maximum Gasteiger partial charge on any atom is 0.225 e. The summed E-state index contributed by atoms with van der Waals surface area (Å²) in [5.74, 6) is 0.649. The number of hydrogen-bond acceptors (Lipinski definition) is 6.